The lowest BCUT2D eigenvalue weighted by molar-refractivity contribution is 0.111. The summed E-state index contributed by atoms with van der Waals surface area (Å²) in [7, 11) is 1.69. The molecule has 0 spiro atoms. The number of hydrogen-bond donors (Lipinski definition) is 2. The average molecular weight is 333 g/mol. The SMILES string of the molecule is COc1cccc(N2CCC(CNC(=O)NCC3CCCO3)C2)c1. The maximum absolute atomic E-state index is 11.9. The number of amides is 2. The van der Waals surface area contributed by atoms with Crippen molar-refractivity contribution in [3.8, 4) is 5.75 Å². The molecule has 2 fully saturated rings. The standard InChI is InChI=1S/C18H27N3O3/c1-23-16-5-2-4-15(10-16)21-8-7-14(13-21)11-19-18(22)20-12-17-6-3-9-24-17/h2,4-5,10,14,17H,3,6-9,11-13H2,1H3,(H2,19,20,22). The van der Waals surface area contributed by atoms with Crippen molar-refractivity contribution < 1.29 is 14.3 Å². The van der Waals surface area contributed by atoms with E-state index in [2.05, 4.69) is 27.7 Å². The Morgan fingerprint density at radius 2 is 2.21 bits per heavy atom. The fraction of sp³-hybridized carbons (Fsp3) is 0.611. The molecule has 2 aliphatic rings. The number of benzene rings is 1. The normalized spacial score (nSPS) is 23.3. The summed E-state index contributed by atoms with van der Waals surface area (Å²) in [5.74, 6) is 1.35. The predicted octanol–water partition coefficient (Wildman–Crippen LogP) is 2.00. The molecule has 132 valence electrons. The Labute approximate surface area is 143 Å². The van der Waals surface area contributed by atoms with Crippen molar-refractivity contribution in [1.82, 2.24) is 10.6 Å². The lowest BCUT2D eigenvalue weighted by atomic mass is 10.1. The zero-order valence-corrected chi connectivity index (χ0v) is 14.3. The van der Waals surface area contributed by atoms with Crippen molar-refractivity contribution in [1.29, 1.82) is 0 Å². The van der Waals surface area contributed by atoms with Gasteiger partial charge in [0.2, 0.25) is 0 Å². The van der Waals surface area contributed by atoms with Crippen LogP contribution in [0.15, 0.2) is 24.3 Å². The molecule has 1 aromatic rings. The molecule has 0 saturated carbocycles. The molecule has 3 rings (SSSR count). The van der Waals surface area contributed by atoms with E-state index in [1.54, 1.807) is 7.11 Å². The van der Waals surface area contributed by atoms with Crippen molar-refractivity contribution >= 4 is 11.7 Å². The second kappa shape index (κ2) is 8.24. The summed E-state index contributed by atoms with van der Waals surface area (Å²) in [6.07, 6.45) is 3.41. The van der Waals surface area contributed by atoms with Crippen LogP contribution >= 0.6 is 0 Å². The molecule has 2 atom stereocenters. The van der Waals surface area contributed by atoms with Gasteiger partial charge in [0, 0.05) is 44.5 Å². The molecular formula is C18H27N3O3. The number of nitrogens with one attached hydrogen (secondary N) is 2. The van der Waals surface area contributed by atoms with Crippen molar-refractivity contribution in [3.63, 3.8) is 0 Å². The number of nitrogens with zero attached hydrogens (tertiary/aromatic N) is 1. The molecule has 0 bridgehead atoms. The van der Waals surface area contributed by atoms with Gasteiger partial charge in [-0.05, 0) is 37.3 Å². The topological polar surface area (TPSA) is 62.8 Å². The van der Waals surface area contributed by atoms with Crippen molar-refractivity contribution in [3.05, 3.63) is 24.3 Å². The summed E-state index contributed by atoms with van der Waals surface area (Å²) in [6, 6.07) is 8.04. The van der Waals surface area contributed by atoms with Crippen LogP contribution in [0, 0.1) is 5.92 Å². The van der Waals surface area contributed by atoms with E-state index in [1.165, 1.54) is 5.69 Å². The van der Waals surface area contributed by atoms with Gasteiger partial charge in [-0.3, -0.25) is 0 Å². The second-order valence-electron chi connectivity index (χ2n) is 6.53. The number of ether oxygens (including phenoxy) is 2. The minimum absolute atomic E-state index is 0.0923. The quantitative estimate of drug-likeness (QED) is 0.836. The Bertz CT molecular complexity index is 546. The van der Waals surface area contributed by atoms with Gasteiger partial charge in [-0.1, -0.05) is 6.07 Å². The Balaban J connectivity index is 1.38. The van der Waals surface area contributed by atoms with Crippen LogP contribution in [-0.2, 0) is 4.74 Å². The van der Waals surface area contributed by atoms with Crippen LogP contribution in [0.2, 0.25) is 0 Å². The Morgan fingerprint density at radius 1 is 1.33 bits per heavy atom. The highest BCUT2D eigenvalue weighted by Crippen LogP contribution is 2.26. The summed E-state index contributed by atoms with van der Waals surface area (Å²) >= 11 is 0. The summed E-state index contributed by atoms with van der Waals surface area (Å²) in [4.78, 5) is 14.2. The van der Waals surface area contributed by atoms with Gasteiger partial charge in [-0.25, -0.2) is 4.79 Å². The fourth-order valence-corrected chi connectivity index (χ4v) is 3.35. The van der Waals surface area contributed by atoms with Crippen molar-refractivity contribution in [2.45, 2.75) is 25.4 Å². The third-order valence-corrected chi connectivity index (χ3v) is 4.77. The van der Waals surface area contributed by atoms with Crippen LogP contribution in [0.1, 0.15) is 19.3 Å². The maximum atomic E-state index is 11.9. The number of anilines is 1. The van der Waals surface area contributed by atoms with Gasteiger partial charge in [0.1, 0.15) is 5.75 Å². The number of hydrogen-bond acceptors (Lipinski definition) is 4. The van der Waals surface area contributed by atoms with Crippen molar-refractivity contribution in [2.24, 2.45) is 5.92 Å². The zero-order chi connectivity index (χ0) is 16.8. The van der Waals surface area contributed by atoms with Crippen LogP contribution in [0.25, 0.3) is 0 Å². The number of methoxy groups -OCH3 is 1. The van der Waals surface area contributed by atoms with Gasteiger partial charge >= 0.3 is 6.03 Å². The monoisotopic (exact) mass is 333 g/mol. The second-order valence-corrected chi connectivity index (χ2v) is 6.53. The van der Waals surface area contributed by atoms with E-state index in [4.69, 9.17) is 9.47 Å². The van der Waals surface area contributed by atoms with Crippen molar-refractivity contribution in [2.75, 3.05) is 44.8 Å². The molecule has 24 heavy (non-hydrogen) atoms. The van der Waals surface area contributed by atoms with E-state index < -0.39 is 0 Å². The Kier molecular flexibility index (Phi) is 5.80. The van der Waals surface area contributed by atoms with Gasteiger partial charge in [0.05, 0.1) is 13.2 Å². The third kappa shape index (κ3) is 4.54. The molecule has 2 saturated heterocycles. The van der Waals surface area contributed by atoms with Crippen LogP contribution in [0.4, 0.5) is 10.5 Å². The number of rotatable bonds is 6. The summed E-state index contributed by atoms with van der Waals surface area (Å²) < 4.78 is 10.8. The van der Waals surface area contributed by atoms with E-state index in [0.29, 0.717) is 19.0 Å². The molecule has 1 aromatic carbocycles. The summed E-state index contributed by atoms with van der Waals surface area (Å²) in [6.45, 7) is 4.09. The maximum Gasteiger partial charge on any atom is 0.314 e. The van der Waals surface area contributed by atoms with Crippen LogP contribution < -0.4 is 20.3 Å². The molecule has 0 aromatic heterocycles. The van der Waals surface area contributed by atoms with Gasteiger partial charge in [0.25, 0.3) is 0 Å². The first-order valence-electron chi connectivity index (χ1n) is 8.77. The highest BCUT2D eigenvalue weighted by Gasteiger charge is 2.23. The minimum Gasteiger partial charge on any atom is -0.497 e. The predicted molar refractivity (Wildman–Crippen MR) is 93.7 cm³/mol. The molecule has 0 radical (unpaired) electrons. The molecular weight excluding hydrogens is 306 g/mol. The van der Waals surface area contributed by atoms with E-state index in [0.717, 1.165) is 44.7 Å². The molecule has 2 heterocycles. The van der Waals surface area contributed by atoms with Crippen LogP contribution in [-0.4, -0.2) is 52.0 Å². The lowest BCUT2D eigenvalue weighted by Crippen LogP contribution is -2.41. The van der Waals surface area contributed by atoms with E-state index in [-0.39, 0.29) is 12.1 Å². The van der Waals surface area contributed by atoms with Gasteiger partial charge in [-0.2, -0.15) is 0 Å². The number of urea groups is 1. The number of carbonyl (C=O) groups excluding carboxylic acids is 1. The lowest BCUT2D eigenvalue weighted by Gasteiger charge is -2.19. The smallest absolute Gasteiger partial charge is 0.314 e. The van der Waals surface area contributed by atoms with Crippen LogP contribution in [0.3, 0.4) is 0 Å². The first-order chi connectivity index (χ1) is 11.7. The largest absolute Gasteiger partial charge is 0.497 e. The summed E-state index contributed by atoms with van der Waals surface area (Å²) in [5.41, 5.74) is 1.18. The molecule has 2 aliphatic heterocycles. The highest BCUT2D eigenvalue weighted by atomic mass is 16.5. The van der Waals surface area contributed by atoms with Gasteiger partial charge in [-0.15, -0.1) is 0 Å². The Morgan fingerprint density at radius 3 is 3.00 bits per heavy atom. The zero-order valence-electron chi connectivity index (χ0n) is 14.3. The van der Waals surface area contributed by atoms with E-state index in [1.807, 2.05) is 12.1 Å². The molecule has 2 N–H and O–H groups in total. The van der Waals surface area contributed by atoms with Crippen LogP contribution in [0.5, 0.6) is 5.75 Å². The molecule has 6 nitrogen and oxygen atoms in total. The molecule has 0 aliphatic carbocycles. The van der Waals surface area contributed by atoms with E-state index in [9.17, 15) is 4.79 Å². The highest BCUT2D eigenvalue weighted by molar-refractivity contribution is 5.73. The molecule has 2 unspecified atom stereocenters. The Hall–Kier alpha value is -1.95. The summed E-state index contributed by atoms with van der Waals surface area (Å²) in [5, 5.41) is 5.89. The molecule has 2 amide bonds. The minimum atomic E-state index is -0.0923. The molecule has 6 heteroatoms. The number of carbonyl (C=O) groups is 1. The third-order valence-electron chi connectivity index (χ3n) is 4.77. The van der Waals surface area contributed by atoms with Gasteiger partial charge < -0.3 is 25.0 Å². The van der Waals surface area contributed by atoms with Gasteiger partial charge in [0.15, 0.2) is 0 Å². The first kappa shape index (κ1) is 16.9. The fourth-order valence-electron chi connectivity index (χ4n) is 3.35. The first-order valence-corrected chi connectivity index (χ1v) is 8.77. The average Bonchev–Trinajstić information content (AvgIpc) is 3.30. The van der Waals surface area contributed by atoms with E-state index >= 15 is 0 Å².